The summed E-state index contributed by atoms with van der Waals surface area (Å²) in [4.78, 5) is 13.9. The third-order valence-electron chi connectivity index (χ3n) is 6.52. The van der Waals surface area contributed by atoms with Crippen LogP contribution in [0.4, 0.5) is 0 Å². The minimum atomic E-state index is -1.83. The third kappa shape index (κ3) is 3.69. The highest BCUT2D eigenvalue weighted by molar-refractivity contribution is 6.74. The van der Waals surface area contributed by atoms with E-state index in [9.17, 15) is 9.90 Å². The number of hydrogen-bond acceptors (Lipinski definition) is 3. The Kier molecular flexibility index (Phi) is 4.86. The number of benzene rings is 1. The molecule has 1 N–H and O–H groups in total. The van der Waals surface area contributed by atoms with Gasteiger partial charge < -0.3 is 9.53 Å². The number of fused-ring (bicyclic) bond motifs is 1. The standard InChI is InChI=1S/C20H31NO3Si/c1-20(2,3)25(4,5)24-13-16-17-15(18(17)19(22)23)12-21(16)11-14-9-7-6-8-10-14/h6-10,15-18H,11-13H2,1-5H3,(H,22,23)/t15-,16+,17-,18+/m0/s1. The first-order valence-corrected chi connectivity index (χ1v) is 12.2. The summed E-state index contributed by atoms with van der Waals surface area (Å²) in [5, 5.41) is 9.63. The normalized spacial score (nSPS) is 29.5. The fourth-order valence-electron chi connectivity index (χ4n) is 3.88. The quantitative estimate of drug-likeness (QED) is 0.782. The number of carboxylic acid groups (broad SMARTS) is 1. The van der Waals surface area contributed by atoms with E-state index in [-0.39, 0.29) is 22.9 Å². The van der Waals surface area contributed by atoms with E-state index in [0.717, 1.165) is 13.1 Å². The number of hydrogen-bond donors (Lipinski definition) is 1. The van der Waals surface area contributed by atoms with Crippen LogP contribution in [0, 0.1) is 17.8 Å². The molecule has 0 amide bonds. The summed E-state index contributed by atoms with van der Waals surface area (Å²) in [6.45, 7) is 13.7. The zero-order chi connectivity index (χ0) is 18.4. The van der Waals surface area contributed by atoms with Gasteiger partial charge in [0.25, 0.3) is 0 Å². The first kappa shape index (κ1) is 18.6. The van der Waals surface area contributed by atoms with Crippen molar-refractivity contribution in [3.63, 3.8) is 0 Å². The second-order valence-electron chi connectivity index (χ2n) is 9.16. The molecule has 0 radical (unpaired) electrons. The number of carbonyl (C=O) groups is 1. The molecule has 0 spiro atoms. The maximum Gasteiger partial charge on any atom is 0.307 e. The number of rotatable bonds is 6. The minimum absolute atomic E-state index is 0.167. The predicted molar refractivity (Wildman–Crippen MR) is 102 cm³/mol. The molecular weight excluding hydrogens is 330 g/mol. The number of aliphatic carboxylic acids is 1. The van der Waals surface area contributed by atoms with Gasteiger partial charge in [-0.15, -0.1) is 0 Å². The van der Waals surface area contributed by atoms with Gasteiger partial charge in [-0.2, -0.15) is 0 Å². The molecule has 25 heavy (non-hydrogen) atoms. The SMILES string of the molecule is CC(C)(C)[Si](C)(C)OC[C@@H]1[C@@H]2[C@H](CN1Cc1ccccc1)[C@H]2C(=O)O. The van der Waals surface area contributed by atoms with Crippen molar-refractivity contribution in [3.8, 4) is 0 Å². The average Bonchev–Trinajstić information content (AvgIpc) is 3.11. The molecule has 1 aromatic carbocycles. The van der Waals surface area contributed by atoms with Gasteiger partial charge in [0.15, 0.2) is 8.32 Å². The predicted octanol–water partition coefficient (Wildman–Crippen LogP) is 3.84. The molecule has 3 rings (SSSR count). The summed E-state index contributed by atoms with van der Waals surface area (Å²) in [6.07, 6.45) is 0. The molecule has 1 saturated carbocycles. The van der Waals surface area contributed by atoms with Gasteiger partial charge in [-0.1, -0.05) is 51.1 Å². The van der Waals surface area contributed by atoms with Crippen LogP contribution in [0.5, 0.6) is 0 Å². The van der Waals surface area contributed by atoms with Gasteiger partial charge in [-0.25, -0.2) is 0 Å². The van der Waals surface area contributed by atoms with E-state index in [4.69, 9.17) is 4.43 Å². The molecule has 5 heteroatoms. The lowest BCUT2D eigenvalue weighted by Crippen LogP contribution is -2.46. The second kappa shape index (κ2) is 6.52. The number of piperidine rings is 1. The molecule has 1 saturated heterocycles. The zero-order valence-corrected chi connectivity index (χ0v) is 17.0. The maximum absolute atomic E-state index is 11.5. The number of nitrogens with zero attached hydrogens (tertiary/aromatic N) is 1. The van der Waals surface area contributed by atoms with Gasteiger partial charge in [0.2, 0.25) is 0 Å². The Morgan fingerprint density at radius 2 is 1.92 bits per heavy atom. The second-order valence-corrected chi connectivity index (χ2v) is 14.0. The lowest BCUT2D eigenvalue weighted by Gasteiger charge is -2.38. The summed E-state index contributed by atoms with van der Waals surface area (Å²) in [6, 6.07) is 10.7. The summed E-state index contributed by atoms with van der Waals surface area (Å²) in [5.74, 6) is -0.244. The van der Waals surface area contributed by atoms with Gasteiger partial charge in [0.1, 0.15) is 0 Å². The van der Waals surface area contributed by atoms with Crippen LogP contribution in [0.2, 0.25) is 18.1 Å². The highest BCUT2D eigenvalue weighted by atomic mass is 28.4. The molecule has 138 valence electrons. The summed E-state index contributed by atoms with van der Waals surface area (Å²) in [5.41, 5.74) is 1.29. The van der Waals surface area contributed by atoms with Gasteiger partial charge in [0.05, 0.1) is 5.92 Å². The summed E-state index contributed by atoms with van der Waals surface area (Å²) in [7, 11) is -1.83. The van der Waals surface area contributed by atoms with E-state index < -0.39 is 14.3 Å². The van der Waals surface area contributed by atoms with E-state index in [1.54, 1.807) is 0 Å². The number of likely N-dealkylation sites (tertiary alicyclic amines) is 1. The largest absolute Gasteiger partial charge is 0.481 e. The molecule has 4 atom stereocenters. The first-order valence-electron chi connectivity index (χ1n) is 9.26. The Morgan fingerprint density at radius 3 is 2.48 bits per heavy atom. The number of carboxylic acids is 1. The van der Waals surface area contributed by atoms with Crippen LogP contribution in [0.25, 0.3) is 0 Å². The molecule has 2 fully saturated rings. The van der Waals surface area contributed by atoms with Crippen LogP contribution >= 0.6 is 0 Å². The van der Waals surface area contributed by atoms with Crippen molar-refractivity contribution in [2.75, 3.05) is 13.2 Å². The zero-order valence-electron chi connectivity index (χ0n) is 16.0. The molecule has 1 heterocycles. The average molecular weight is 362 g/mol. The summed E-state index contributed by atoms with van der Waals surface area (Å²) < 4.78 is 6.48. The van der Waals surface area contributed by atoms with E-state index in [2.05, 4.69) is 63.0 Å². The van der Waals surface area contributed by atoms with Crippen LogP contribution in [-0.2, 0) is 15.8 Å². The fraction of sp³-hybridized carbons (Fsp3) is 0.650. The van der Waals surface area contributed by atoms with E-state index in [0.29, 0.717) is 12.5 Å². The fourth-order valence-corrected chi connectivity index (χ4v) is 4.90. The van der Waals surface area contributed by atoms with Crippen molar-refractivity contribution in [2.45, 2.75) is 51.5 Å². The van der Waals surface area contributed by atoms with Crippen molar-refractivity contribution < 1.29 is 14.3 Å². The summed E-state index contributed by atoms with van der Waals surface area (Å²) >= 11 is 0. The Morgan fingerprint density at radius 1 is 1.28 bits per heavy atom. The molecule has 1 aliphatic carbocycles. The third-order valence-corrected chi connectivity index (χ3v) is 11.0. The van der Waals surface area contributed by atoms with Crippen molar-refractivity contribution in [1.82, 2.24) is 4.90 Å². The lowest BCUT2D eigenvalue weighted by molar-refractivity contribution is -0.139. The minimum Gasteiger partial charge on any atom is -0.481 e. The molecule has 0 aromatic heterocycles. The molecule has 0 bridgehead atoms. The van der Waals surface area contributed by atoms with Crippen molar-refractivity contribution in [2.24, 2.45) is 17.8 Å². The first-order chi connectivity index (χ1) is 11.6. The van der Waals surface area contributed by atoms with E-state index in [1.165, 1.54) is 5.56 Å². The maximum atomic E-state index is 11.5. The van der Waals surface area contributed by atoms with Gasteiger partial charge in [-0.05, 0) is 35.5 Å². The smallest absolute Gasteiger partial charge is 0.307 e. The van der Waals surface area contributed by atoms with Gasteiger partial charge >= 0.3 is 5.97 Å². The molecule has 1 aliphatic heterocycles. The van der Waals surface area contributed by atoms with Crippen LogP contribution in [0.15, 0.2) is 30.3 Å². The highest BCUT2D eigenvalue weighted by Gasteiger charge is 2.64. The Bertz CT molecular complexity index is 626. The van der Waals surface area contributed by atoms with E-state index >= 15 is 0 Å². The topological polar surface area (TPSA) is 49.8 Å². The van der Waals surface area contributed by atoms with Gasteiger partial charge in [0, 0.05) is 25.7 Å². The molecule has 4 nitrogen and oxygen atoms in total. The Hall–Kier alpha value is -1.17. The molecule has 1 aromatic rings. The van der Waals surface area contributed by atoms with Crippen LogP contribution in [0.1, 0.15) is 26.3 Å². The Balaban J connectivity index is 1.70. The van der Waals surface area contributed by atoms with Crippen molar-refractivity contribution >= 4 is 14.3 Å². The van der Waals surface area contributed by atoms with E-state index in [1.807, 2.05) is 6.07 Å². The molecule has 2 aliphatic rings. The van der Waals surface area contributed by atoms with Crippen molar-refractivity contribution in [3.05, 3.63) is 35.9 Å². The van der Waals surface area contributed by atoms with Crippen LogP contribution < -0.4 is 0 Å². The van der Waals surface area contributed by atoms with Crippen LogP contribution in [0.3, 0.4) is 0 Å². The highest BCUT2D eigenvalue weighted by Crippen LogP contribution is 2.56. The molecular formula is C20H31NO3Si. The van der Waals surface area contributed by atoms with Gasteiger partial charge in [-0.3, -0.25) is 9.69 Å². The van der Waals surface area contributed by atoms with Crippen molar-refractivity contribution in [1.29, 1.82) is 0 Å². The lowest BCUT2D eigenvalue weighted by atomic mass is 10.1. The monoisotopic (exact) mass is 361 g/mol. The molecule has 0 unspecified atom stereocenters. The Labute approximate surface area is 152 Å². The van der Waals surface area contributed by atoms with Crippen LogP contribution in [-0.4, -0.2) is 43.5 Å².